The summed E-state index contributed by atoms with van der Waals surface area (Å²) in [7, 11) is 0. The van der Waals surface area contributed by atoms with Gasteiger partial charge in [-0.2, -0.15) is 0 Å². The molecule has 0 saturated carbocycles. The largest absolute Gasteiger partial charge is 0.462 e. The normalized spacial score (nSPS) is 11.9. The minimum atomic E-state index is -0.760. The van der Waals surface area contributed by atoms with Gasteiger partial charge < -0.3 is 14.2 Å². The molecule has 0 bridgehead atoms. The van der Waals surface area contributed by atoms with Crippen LogP contribution >= 0.6 is 0 Å². The van der Waals surface area contributed by atoms with Gasteiger partial charge in [0.05, 0.1) is 0 Å². The summed E-state index contributed by atoms with van der Waals surface area (Å²) in [6.45, 7) is 9.02. The monoisotopic (exact) mass is 835 g/mol. The third-order valence-corrected chi connectivity index (χ3v) is 12.0. The van der Waals surface area contributed by atoms with E-state index in [-0.39, 0.29) is 31.1 Å². The van der Waals surface area contributed by atoms with Crippen molar-refractivity contribution in [3.63, 3.8) is 0 Å². The van der Waals surface area contributed by atoms with Crippen molar-refractivity contribution < 1.29 is 28.6 Å². The Morgan fingerprint density at radius 3 is 0.831 bits per heavy atom. The smallest absolute Gasteiger partial charge is 0.306 e. The summed E-state index contributed by atoms with van der Waals surface area (Å²) in [6.07, 6.45) is 49.5. The first-order valence-electron chi connectivity index (χ1n) is 26.4. The van der Waals surface area contributed by atoms with Gasteiger partial charge in [0, 0.05) is 19.3 Å². The first-order valence-corrected chi connectivity index (χ1v) is 26.4. The summed E-state index contributed by atoms with van der Waals surface area (Å²) in [5.74, 6) is -0.0120. The molecule has 0 unspecified atom stereocenters. The molecule has 0 rings (SSSR count). The van der Waals surface area contributed by atoms with Gasteiger partial charge in [-0.15, -0.1) is 0 Å². The maximum absolute atomic E-state index is 12.7. The standard InChI is InChI=1S/C53H102O6/c1-5-7-9-11-13-15-16-17-18-19-20-21-25-29-32-36-40-44-51(54)57-47-50(59-53(56)46-42-38-34-27-14-12-10-8-6-2)48-58-52(55)45-41-37-33-30-26-23-22-24-28-31-35-39-43-49(3)4/h49-50H,5-48H2,1-4H3/t50-/m1/s1. The fourth-order valence-corrected chi connectivity index (χ4v) is 8.04. The van der Waals surface area contributed by atoms with Crippen LogP contribution in [-0.4, -0.2) is 37.2 Å². The molecule has 0 aromatic heterocycles. The summed E-state index contributed by atoms with van der Waals surface area (Å²) in [6, 6.07) is 0. The molecule has 0 amide bonds. The molecule has 1 atom stereocenters. The highest BCUT2D eigenvalue weighted by Gasteiger charge is 2.19. The van der Waals surface area contributed by atoms with Crippen LogP contribution in [0.3, 0.4) is 0 Å². The van der Waals surface area contributed by atoms with Gasteiger partial charge in [0.2, 0.25) is 0 Å². The highest BCUT2D eigenvalue weighted by Crippen LogP contribution is 2.17. The molecule has 0 aromatic rings. The van der Waals surface area contributed by atoms with Crippen LogP contribution < -0.4 is 0 Å². The number of hydrogen-bond donors (Lipinski definition) is 0. The van der Waals surface area contributed by atoms with E-state index in [9.17, 15) is 14.4 Å². The SMILES string of the molecule is CCCCCCCCCCCCCCCCCCCC(=O)OC[C@H](COC(=O)CCCCCCCCCCCCCCC(C)C)OC(=O)CCCCCCCCCCC. The minimum absolute atomic E-state index is 0.0628. The van der Waals surface area contributed by atoms with Crippen LogP contribution in [0.1, 0.15) is 297 Å². The molecule has 0 heterocycles. The van der Waals surface area contributed by atoms with E-state index in [0.717, 1.165) is 63.7 Å². The third-order valence-electron chi connectivity index (χ3n) is 12.0. The molecule has 0 aliphatic rings. The number of carbonyl (C=O) groups excluding carboxylic acids is 3. The second kappa shape index (κ2) is 47.5. The number of ether oxygens (including phenoxy) is 3. The van der Waals surface area contributed by atoms with E-state index in [2.05, 4.69) is 27.7 Å². The van der Waals surface area contributed by atoms with E-state index in [1.807, 2.05) is 0 Å². The number of hydrogen-bond acceptors (Lipinski definition) is 6. The van der Waals surface area contributed by atoms with Gasteiger partial charge in [0.1, 0.15) is 13.2 Å². The number of esters is 3. The van der Waals surface area contributed by atoms with Crippen molar-refractivity contribution in [1.29, 1.82) is 0 Å². The lowest BCUT2D eigenvalue weighted by atomic mass is 10.0. The van der Waals surface area contributed by atoms with E-state index in [0.29, 0.717) is 19.3 Å². The van der Waals surface area contributed by atoms with Crippen LogP contribution in [0.5, 0.6) is 0 Å². The van der Waals surface area contributed by atoms with Crippen molar-refractivity contribution in [1.82, 2.24) is 0 Å². The topological polar surface area (TPSA) is 78.9 Å². The summed E-state index contributed by atoms with van der Waals surface area (Å²) < 4.78 is 16.8. The van der Waals surface area contributed by atoms with Crippen molar-refractivity contribution in [3.8, 4) is 0 Å². The quantitative estimate of drug-likeness (QED) is 0.0345. The van der Waals surface area contributed by atoms with E-state index in [4.69, 9.17) is 14.2 Å². The average Bonchev–Trinajstić information content (AvgIpc) is 3.22. The Bertz CT molecular complexity index is 887. The minimum Gasteiger partial charge on any atom is -0.462 e. The number of carbonyl (C=O) groups is 3. The third kappa shape index (κ3) is 47.3. The Morgan fingerprint density at radius 2 is 0.559 bits per heavy atom. The van der Waals surface area contributed by atoms with Crippen molar-refractivity contribution in [2.24, 2.45) is 5.92 Å². The van der Waals surface area contributed by atoms with Crippen LogP contribution in [0.4, 0.5) is 0 Å². The van der Waals surface area contributed by atoms with Gasteiger partial charge in [-0.3, -0.25) is 14.4 Å². The molecule has 0 aliphatic carbocycles. The van der Waals surface area contributed by atoms with Crippen molar-refractivity contribution >= 4 is 17.9 Å². The van der Waals surface area contributed by atoms with Crippen molar-refractivity contribution in [2.45, 2.75) is 303 Å². The Morgan fingerprint density at radius 1 is 0.322 bits per heavy atom. The van der Waals surface area contributed by atoms with Gasteiger partial charge in [0.25, 0.3) is 0 Å². The zero-order chi connectivity index (χ0) is 43.1. The first-order chi connectivity index (χ1) is 28.9. The predicted octanol–water partition coefficient (Wildman–Crippen LogP) is 17.1. The Hall–Kier alpha value is -1.59. The highest BCUT2D eigenvalue weighted by molar-refractivity contribution is 5.71. The summed E-state index contributed by atoms with van der Waals surface area (Å²) in [5, 5.41) is 0. The van der Waals surface area contributed by atoms with E-state index in [1.54, 1.807) is 0 Å². The second-order valence-corrected chi connectivity index (χ2v) is 18.6. The zero-order valence-electron chi connectivity index (χ0n) is 40.2. The van der Waals surface area contributed by atoms with Crippen molar-refractivity contribution in [2.75, 3.05) is 13.2 Å². The number of unbranched alkanes of at least 4 members (excludes halogenated alkanes) is 35. The van der Waals surface area contributed by atoms with Gasteiger partial charge >= 0.3 is 17.9 Å². The van der Waals surface area contributed by atoms with Crippen LogP contribution in [-0.2, 0) is 28.6 Å². The Labute approximate surface area is 368 Å². The van der Waals surface area contributed by atoms with Crippen LogP contribution in [0.25, 0.3) is 0 Å². The molecule has 0 aromatic carbocycles. The highest BCUT2D eigenvalue weighted by atomic mass is 16.6. The maximum atomic E-state index is 12.7. The van der Waals surface area contributed by atoms with E-state index in [1.165, 1.54) is 193 Å². The molecule has 350 valence electrons. The molecule has 0 aliphatic heterocycles. The van der Waals surface area contributed by atoms with Crippen LogP contribution in [0.2, 0.25) is 0 Å². The molecule has 6 heteroatoms. The Balaban J connectivity index is 4.22. The Kier molecular flexibility index (Phi) is 46.2. The van der Waals surface area contributed by atoms with Crippen LogP contribution in [0, 0.1) is 5.92 Å². The first kappa shape index (κ1) is 57.4. The molecular weight excluding hydrogens is 733 g/mol. The molecular formula is C53H102O6. The summed E-state index contributed by atoms with van der Waals surface area (Å²) in [5.41, 5.74) is 0. The molecule has 59 heavy (non-hydrogen) atoms. The lowest BCUT2D eigenvalue weighted by Crippen LogP contribution is -2.30. The molecule has 0 fully saturated rings. The fourth-order valence-electron chi connectivity index (χ4n) is 8.04. The second-order valence-electron chi connectivity index (χ2n) is 18.6. The lowest BCUT2D eigenvalue weighted by molar-refractivity contribution is -0.167. The van der Waals surface area contributed by atoms with Gasteiger partial charge in [0.15, 0.2) is 6.10 Å². The maximum Gasteiger partial charge on any atom is 0.306 e. The molecule has 0 N–H and O–H groups in total. The van der Waals surface area contributed by atoms with Crippen LogP contribution in [0.15, 0.2) is 0 Å². The van der Waals surface area contributed by atoms with Gasteiger partial charge in [-0.05, 0) is 25.2 Å². The molecule has 0 spiro atoms. The molecule has 0 saturated heterocycles. The summed E-state index contributed by atoms with van der Waals surface area (Å²) >= 11 is 0. The lowest BCUT2D eigenvalue weighted by Gasteiger charge is -2.18. The van der Waals surface area contributed by atoms with E-state index < -0.39 is 6.10 Å². The molecule has 0 radical (unpaired) electrons. The number of rotatable bonds is 48. The van der Waals surface area contributed by atoms with Crippen molar-refractivity contribution in [3.05, 3.63) is 0 Å². The van der Waals surface area contributed by atoms with Gasteiger partial charge in [-0.1, -0.05) is 259 Å². The van der Waals surface area contributed by atoms with E-state index >= 15 is 0 Å². The zero-order valence-corrected chi connectivity index (χ0v) is 40.2. The van der Waals surface area contributed by atoms with Gasteiger partial charge in [-0.25, -0.2) is 0 Å². The summed E-state index contributed by atoms with van der Waals surface area (Å²) in [4.78, 5) is 37.9. The fraction of sp³-hybridized carbons (Fsp3) is 0.943. The predicted molar refractivity (Wildman–Crippen MR) is 252 cm³/mol. The average molecular weight is 835 g/mol. The molecule has 6 nitrogen and oxygen atoms in total.